The van der Waals surface area contributed by atoms with E-state index in [9.17, 15) is 9.90 Å². The molecular weight excluding hydrogens is 212 g/mol. The summed E-state index contributed by atoms with van der Waals surface area (Å²) in [5, 5.41) is 9.90. The number of aromatic hydroxyl groups is 1. The highest BCUT2D eigenvalue weighted by Crippen LogP contribution is 2.31. The molecule has 0 saturated heterocycles. The van der Waals surface area contributed by atoms with Gasteiger partial charge in [0.2, 0.25) is 0 Å². The van der Waals surface area contributed by atoms with Crippen molar-refractivity contribution in [3.8, 4) is 5.75 Å². The van der Waals surface area contributed by atoms with Crippen molar-refractivity contribution in [3.63, 3.8) is 0 Å². The van der Waals surface area contributed by atoms with Crippen LogP contribution in [0, 0.1) is 19.8 Å². The number of rotatable bonds is 2. The van der Waals surface area contributed by atoms with Crippen LogP contribution in [0.1, 0.15) is 53.6 Å². The summed E-state index contributed by atoms with van der Waals surface area (Å²) >= 11 is 0. The van der Waals surface area contributed by atoms with Crippen LogP contribution >= 0.6 is 0 Å². The second kappa shape index (κ2) is 4.91. The number of carbonyl (C=O) groups is 1. The van der Waals surface area contributed by atoms with Gasteiger partial charge < -0.3 is 5.11 Å². The molecule has 1 aliphatic carbocycles. The Bertz CT molecular complexity index is 429. The SMILES string of the molecule is Cc1cc(O)c(C(=O)C2CCCCC2)cc1C. The molecule has 1 N–H and O–H groups in total. The predicted molar refractivity (Wildman–Crippen MR) is 68.5 cm³/mol. The smallest absolute Gasteiger partial charge is 0.169 e. The summed E-state index contributed by atoms with van der Waals surface area (Å²) < 4.78 is 0. The van der Waals surface area contributed by atoms with Gasteiger partial charge in [0, 0.05) is 5.92 Å². The van der Waals surface area contributed by atoms with Crippen molar-refractivity contribution < 1.29 is 9.90 Å². The molecule has 1 aromatic rings. The summed E-state index contributed by atoms with van der Waals surface area (Å²) in [5.41, 5.74) is 2.62. The summed E-state index contributed by atoms with van der Waals surface area (Å²) in [5.74, 6) is 0.394. The lowest BCUT2D eigenvalue weighted by Gasteiger charge is -2.21. The standard InChI is InChI=1S/C15H20O2/c1-10-8-13(14(16)9-11(10)2)15(17)12-6-4-3-5-7-12/h8-9,12,16H,3-7H2,1-2H3. The highest BCUT2D eigenvalue weighted by molar-refractivity contribution is 6.00. The van der Waals surface area contributed by atoms with Crippen molar-refractivity contribution >= 4 is 5.78 Å². The van der Waals surface area contributed by atoms with E-state index in [2.05, 4.69) is 0 Å². The molecule has 0 amide bonds. The number of Topliss-reactive ketones (excluding diaryl/α,β-unsaturated/α-hetero) is 1. The van der Waals surface area contributed by atoms with E-state index in [1.54, 1.807) is 6.07 Å². The van der Waals surface area contributed by atoms with Crippen molar-refractivity contribution in [1.82, 2.24) is 0 Å². The minimum atomic E-state index is 0.122. The Kier molecular flexibility index (Phi) is 3.51. The fourth-order valence-corrected chi connectivity index (χ4v) is 2.58. The Labute approximate surface area is 103 Å². The van der Waals surface area contributed by atoms with Crippen LogP contribution in [0.5, 0.6) is 5.75 Å². The molecule has 2 rings (SSSR count). The van der Waals surface area contributed by atoms with Crippen molar-refractivity contribution in [2.75, 3.05) is 0 Å². The van der Waals surface area contributed by atoms with Crippen LogP contribution in [0.25, 0.3) is 0 Å². The maximum Gasteiger partial charge on any atom is 0.169 e. The number of hydrogen-bond donors (Lipinski definition) is 1. The van der Waals surface area contributed by atoms with Gasteiger partial charge in [-0.05, 0) is 49.9 Å². The second-order valence-electron chi connectivity index (χ2n) is 5.15. The van der Waals surface area contributed by atoms with Gasteiger partial charge in [-0.2, -0.15) is 0 Å². The zero-order valence-electron chi connectivity index (χ0n) is 10.6. The predicted octanol–water partition coefficient (Wildman–Crippen LogP) is 3.77. The van der Waals surface area contributed by atoms with Gasteiger partial charge in [0.05, 0.1) is 5.56 Å². The van der Waals surface area contributed by atoms with Crippen LogP contribution in [0.15, 0.2) is 12.1 Å². The van der Waals surface area contributed by atoms with E-state index in [-0.39, 0.29) is 17.5 Å². The summed E-state index contributed by atoms with van der Waals surface area (Å²) in [6.45, 7) is 3.93. The first kappa shape index (κ1) is 12.2. The third kappa shape index (κ3) is 2.51. The lowest BCUT2D eigenvalue weighted by molar-refractivity contribution is 0.0886. The maximum atomic E-state index is 12.3. The third-order valence-electron chi connectivity index (χ3n) is 3.85. The van der Waals surface area contributed by atoms with Crippen LogP contribution in [-0.2, 0) is 0 Å². The lowest BCUT2D eigenvalue weighted by atomic mass is 9.83. The number of carbonyl (C=O) groups excluding carboxylic acids is 1. The molecule has 0 bridgehead atoms. The summed E-state index contributed by atoms with van der Waals surface area (Å²) in [6, 6.07) is 3.53. The molecule has 92 valence electrons. The summed E-state index contributed by atoms with van der Waals surface area (Å²) in [4.78, 5) is 12.3. The van der Waals surface area contributed by atoms with Gasteiger partial charge in [0.15, 0.2) is 5.78 Å². The van der Waals surface area contributed by atoms with Crippen molar-refractivity contribution in [1.29, 1.82) is 0 Å². The highest BCUT2D eigenvalue weighted by Gasteiger charge is 2.24. The largest absolute Gasteiger partial charge is 0.507 e. The molecule has 17 heavy (non-hydrogen) atoms. The molecule has 1 fully saturated rings. The summed E-state index contributed by atoms with van der Waals surface area (Å²) in [6.07, 6.45) is 5.48. The zero-order valence-corrected chi connectivity index (χ0v) is 10.6. The lowest BCUT2D eigenvalue weighted by Crippen LogP contribution is -2.18. The van der Waals surface area contributed by atoms with Gasteiger partial charge in [-0.1, -0.05) is 19.3 Å². The normalized spacial score (nSPS) is 17.1. The molecule has 2 nitrogen and oxygen atoms in total. The minimum Gasteiger partial charge on any atom is -0.507 e. The molecule has 1 saturated carbocycles. The Morgan fingerprint density at radius 3 is 2.35 bits per heavy atom. The average molecular weight is 232 g/mol. The van der Waals surface area contributed by atoms with Crippen LogP contribution in [0.3, 0.4) is 0 Å². The molecule has 2 heteroatoms. The van der Waals surface area contributed by atoms with Gasteiger partial charge >= 0.3 is 0 Å². The fraction of sp³-hybridized carbons (Fsp3) is 0.533. The van der Waals surface area contributed by atoms with E-state index in [1.807, 2.05) is 19.9 Å². The average Bonchev–Trinajstić information content (AvgIpc) is 2.34. The van der Waals surface area contributed by atoms with Crippen LogP contribution < -0.4 is 0 Å². The second-order valence-corrected chi connectivity index (χ2v) is 5.15. The van der Waals surface area contributed by atoms with E-state index in [0.29, 0.717) is 5.56 Å². The van der Waals surface area contributed by atoms with Gasteiger partial charge in [-0.25, -0.2) is 0 Å². The fourth-order valence-electron chi connectivity index (χ4n) is 2.58. The molecule has 0 atom stereocenters. The summed E-state index contributed by atoms with van der Waals surface area (Å²) in [7, 11) is 0. The number of hydrogen-bond acceptors (Lipinski definition) is 2. The maximum absolute atomic E-state index is 12.3. The van der Waals surface area contributed by atoms with Crippen LogP contribution in [0.2, 0.25) is 0 Å². The Balaban J connectivity index is 2.26. The van der Waals surface area contributed by atoms with E-state index < -0.39 is 0 Å². The van der Waals surface area contributed by atoms with Gasteiger partial charge in [0.25, 0.3) is 0 Å². The molecule has 0 aromatic heterocycles. The Hall–Kier alpha value is -1.31. The number of benzene rings is 1. The van der Waals surface area contributed by atoms with E-state index in [4.69, 9.17) is 0 Å². The highest BCUT2D eigenvalue weighted by atomic mass is 16.3. The van der Waals surface area contributed by atoms with E-state index >= 15 is 0 Å². The number of phenols is 1. The van der Waals surface area contributed by atoms with E-state index in [0.717, 1.165) is 36.8 Å². The van der Waals surface area contributed by atoms with Gasteiger partial charge in [-0.3, -0.25) is 4.79 Å². The number of aryl methyl sites for hydroxylation is 2. The molecule has 0 unspecified atom stereocenters. The third-order valence-corrected chi connectivity index (χ3v) is 3.85. The van der Waals surface area contributed by atoms with E-state index in [1.165, 1.54) is 6.42 Å². The zero-order chi connectivity index (χ0) is 12.4. The molecular formula is C15H20O2. The van der Waals surface area contributed by atoms with Crippen LogP contribution in [-0.4, -0.2) is 10.9 Å². The Morgan fingerprint density at radius 1 is 1.12 bits per heavy atom. The van der Waals surface area contributed by atoms with Crippen molar-refractivity contribution in [2.45, 2.75) is 46.0 Å². The first-order chi connectivity index (χ1) is 8.09. The molecule has 0 heterocycles. The topological polar surface area (TPSA) is 37.3 Å². The molecule has 1 aromatic carbocycles. The van der Waals surface area contributed by atoms with Gasteiger partial charge in [-0.15, -0.1) is 0 Å². The molecule has 0 aliphatic heterocycles. The monoisotopic (exact) mass is 232 g/mol. The van der Waals surface area contributed by atoms with Crippen molar-refractivity contribution in [3.05, 3.63) is 28.8 Å². The minimum absolute atomic E-state index is 0.122. The number of ketones is 1. The Morgan fingerprint density at radius 2 is 1.71 bits per heavy atom. The van der Waals surface area contributed by atoms with Crippen LogP contribution in [0.4, 0.5) is 0 Å². The van der Waals surface area contributed by atoms with Crippen molar-refractivity contribution in [2.24, 2.45) is 5.92 Å². The molecule has 1 aliphatic rings. The number of phenolic OH excluding ortho intramolecular Hbond substituents is 1. The first-order valence-electron chi connectivity index (χ1n) is 6.44. The van der Waals surface area contributed by atoms with Gasteiger partial charge in [0.1, 0.15) is 5.75 Å². The first-order valence-corrected chi connectivity index (χ1v) is 6.44. The molecule has 0 spiro atoms. The quantitative estimate of drug-likeness (QED) is 0.788. The molecule has 0 radical (unpaired) electrons.